The zero-order chi connectivity index (χ0) is 15.6. The van der Waals surface area contributed by atoms with Crippen molar-refractivity contribution in [3.8, 4) is 0 Å². The number of alkyl halides is 3. The van der Waals surface area contributed by atoms with E-state index in [4.69, 9.17) is 0 Å². The molecule has 2 N–H and O–H groups in total. The molecule has 0 bridgehead atoms. The van der Waals surface area contributed by atoms with Gasteiger partial charge in [-0.25, -0.2) is 0 Å². The second-order valence-electron chi connectivity index (χ2n) is 5.74. The molecule has 8 heteroatoms. The Morgan fingerprint density at radius 3 is 2.46 bits per heavy atom. The second kappa shape index (κ2) is 8.94. The highest BCUT2D eigenvalue weighted by Crippen LogP contribution is 2.34. The van der Waals surface area contributed by atoms with Crippen LogP contribution in [0.3, 0.4) is 0 Å². The van der Waals surface area contributed by atoms with Gasteiger partial charge in [0.05, 0.1) is 0 Å². The predicted molar refractivity (Wildman–Crippen MR) is 95.3 cm³/mol. The van der Waals surface area contributed by atoms with Crippen molar-refractivity contribution in [2.45, 2.75) is 25.1 Å². The number of hydrogen-bond donors (Lipinski definition) is 2. The van der Waals surface area contributed by atoms with E-state index in [1.165, 1.54) is 0 Å². The Morgan fingerprint density at radius 2 is 1.79 bits per heavy atom. The van der Waals surface area contributed by atoms with Crippen LogP contribution < -0.4 is 5.32 Å². The third-order valence-electron chi connectivity index (χ3n) is 4.28. The van der Waals surface area contributed by atoms with E-state index >= 15 is 0 Å². The molecule has 136 valence electrons. The number of nitrogens with zero attached hydrogens (tertiary/aromatic N) is 1. The average Bonchev–Trinajstić information content (AvgIpc) is 2.96. The predicted octanol–water partition coefficient (Wildman–Crippen LogP) is 4.30. The van der Waals surface area contributed by atoms with Crippen LogP contribution in [0.2, 0.25) is 0 Å². The number of fused-ring (bicyclic) bond motifs is 1. The Hall–Kier alpha value is -0.950. The summed E-state index contributed by atoms with van der Waals surface area (Å²) in [5, 5.41) is 4.28. The van der Waals surface area contributed by atoms with Crippen LogP contribution in [-0.4, -0.2) is 42.2 Å². The summed E-state index contributed by atoms with van der Waals surface area (Å²) in [4.78, 5) is 5.31. The molecular weight excluding hydrogens is 362 g/mol. The summed E-state index contributed by atoms with van der Waals surface area (Å²) in [6, 6.07) is 7.59. The molecule has 0 amide bonds. The molecule has 1 aliphatic rings. The minimum Gasteiger partial charge on any atom is -0.361 e. The van der Waals surface area contributed by atoms with Gasteiger partial charge in [-0.2, -0.15) is 13.2 Å². The third-order valence-corrected chi connectivity index (χ3v) is 4.28. The number of benzene rings is 1. The van der Waals surface area contributed by atoms with Crippen molar-refractivity contribution in [3.63, 3.8) is 0 Å². The molecule has 0 spiro atoms. The average molecular weight is 384 g/mol. The number of halogens is 5. The number of aromatic nitrogens is 1. The van der Waals surface area contributed by atoms with E-state index in [-0.39, 0.29) is 37.3 Å². The van der Waals surface area contributed by atoms with Crippen molar-refractivity contribution in [1.82, 2.24) is 15.2 Å². The summed E-state index contributed by atoms with van der Waals surface area (Å²) in [5.74, 6) is 0. The number of H-pyrrole nitrogens is 1. The summed E-state index contributed by atoms with van der Waals surface area (Å²) in [6.45, 7) is 3.21. The van der Waals surface area contributed by atoms with Gasteiger partial charge in [0, 0.05) is 55.7 Å². The van der Waals surface area contributed by atoms with Crippen LogP contribution in [0.25, 0.3) is 10.9 Å². The molecule has 0 aliphatic carbocycles. The minimum atomic E-state index is -4.11. The Morgan fingerprint density at radius 1 is 1.08 bits per heavy atom. The second-order valence-corrected chi connectivity index (χ2v) is 5.74. The molecule has 0 radical (unpaired) electrons. The van der Waals surface area contributed by atoms with Crippen LogP contribution in [-0.2, 0) is 0 Å². The standard InChI is InChI=1S/C16H20F3N3.2ClH/c17-16(18,19)6-4-15(22-10-8-20-9-11-22)13-2-1-3-14-12(13)5-7-21-14;;/h1-3,5,7,15,20-21H,4,6,8-11H2;2*1H/t15-;;/m1../s1. The lowest BCUT2D eigenvalue weighted by atomic mass is 9.96. The van der Waals surface area contributed by atoms with Crippen LogP contribution in [0.1, 0.15) is 24.4 Å². The lowest BCUT2D eigenvalue weighted by Gasteiger charge is -2.35. The maximum atomic E-state index is 12.7. The molecule has 0 unspecified atom stereocenters. The molecule has 1 aromatic carbocycles. The maximum absolute atomic E-state index is 12.7. The van der Waals surface area contributed by atoms with E-state index in [1.807, 2.05) is 30.5 Å². The molecule has 1 aliphatic heterocycles. The third kappa shape index (κ3) is 5.02. The van der Waals surface area contributed by atoms with E-state index < -0.39 is 12.6 Å². The molecule has 3 rings (SSSR count). The molecule has 1 aromatic heterocycles. The zero-order valence-electron chi connectivity index (χ0n) is 13.1. The van der Waals surface area contributed by atoms with E-state index in [2.05, 4.69) is 15.2 Å². The summed E-state index contributed by atoms with van der Waals surface area (Å²) >= 11 is 0. The van der Waals surface area contributed by atoms with E-state index in [0.717, 1.165) is 42.6 Å². The van der Waals surface area contributed by atoms with Crippen LogP contribution in [0.15, 0.2) is 30.5 Å². The molecule has 24 heavy (non-hydrogen) atoms. The molecule has 3 nitrogen and oxygen atoms in total. The number of hydrogen-bond acceptors (Lipinski definition) is 2. The normalized spacial score (nSPS) is 17.1. The summed E-state index contributed by atoms with van der Waals surface area (Å²) in [6.07, 6.45) is -2.92. The van der Waals surface area contributed by atoms with Gasteiger partial charge in [-0.15, -0.1) is 24.8 Å². The lowest BCUT2D eigenvalue weighted by Crippen LogP contribution is -2.45. The van der Waals surface area contributed by atoms with Crippen LogP contribution in [0.5, 0.6) is 0 Å². The highest BCUT2D eigenvalue weighted by molar-refractivity contribution is 5.85. The van der Waals surface area contributed by atoms with Crippen molar-refractivity contribution >= 4 is 35.7 Å². The largest absolute Gasteiger partial charge is 0.389 e. The molecule has 1 atom stereocenters. The first-order valence-electron chi connectivity index (χ1n) is 7.62. The van der Waals surface area contributed by atoms with Crippen molar-refractivity contribution in [2.75, 3.05) is 26.2 Å². The van der Waals surface area contributed by atoms with Gasteiger partial charge in [0.2, 0.25) is 0 Å². The van der Waals surface area contributed by atoms with Crippen LogP contribution in [0.4, 0.5) is 13.2 Å². The van der Waals surface area contributed by atoms with Gasteiger partial charge in [-0.1, -0.05) is 12.1 Å². The highest BCUT2D eigenvalue weighted by atomic mass is 35.5. The minimum absolute atomic E-state index is 0. The summed E-state index contributed by atoms with van der Waals surface area (Å²) in [5.41, 5.74) is 1.97. The van der Waals surface area contributed by atoms with Gasteiger partial charge < -0.3 is 10.3 Å². The fourth-order valence-corrected chi connectivity index (χ4v) is 3.23. The Labute approximate surface area is 151 Å². The molecule has 2 aromatic rings. The number of nitrogens with one attached hydrogen (secondary N) is 2. The molecule has 1 fully saturated rings. The molecule has 0 saturated carbocycles. The zero-order valence-corrected chi connectivity index (χ0v) is 14.7. The van der Waals surface area contributed by atoms with Gasteiger partial charge in [0.15, 0.2) is 0 Å². The SMILES string of the molecule is Cl.Cl.FC(F)(F)CC[C@H](c1cccc2[nH]ccc12)N1CCNCC1. The first-order chi connectivity index (χ1) is 10.5. The monoisotopic (exact) mass is 383 g/mol. The number of rotatable bonds is 4. The Balaban J connectivity index is 0.00000144. The smallest absolute Gasteiger partial charge is 0.361 e. The molecule has 2 heterocycles. The quantitative estimate of drug-likeness (QED) is 0.824. The van der Waals surface area contributed by atoms with Crippen LogP contribution in [0, 0.1) is 0 Å². The van der Waals surface area contributed by atoms with E-state index in [0.29, 0.717) is 0 Å². The van der Waals surface area contributed by atoms with Crippen LogP contribution >= 0.6 is 24.8 Å². The van der Waals surface area contributed by atoms with Crippen molar-refractivity contribution in [3.05, 3.63) is 36.0 Å². The number of aromatic amines is 1. The van der Waals surface area contributed by atoms with Crippen molar-refractivity contribution in [2.24, 2.45) is 0 Å². The lowest BCUT2D eigenvalue weighted by molar-refractivity contribution is -0.138. The van der Waals surface area contributed by atoms with Gasteiger partial charge in [-0.3, -0.25) is 4.90 Å². The topological polar surface area (TPSA) is 31.1 Å². The Kier molecular flexibility index (Phi) is 7.86. The summed E-state index contributed by atoms with van der Waals surface area (Å²) < 4.78 is 38.1. The molecule has 1 saturated heterocycles. The van der Waals surface area contributed by atoms with Crippen molar-refractivity contribution < 1.29 is 13.2 Å². The van der Waals surface area contributed by atoms with Gasteiger partial charge in [0.1, 0.15) is 0 Å². The van der Waals surface area contributed by atoms with Crippen molar-refractivity contribution in [1.29, 1.82) is 0 Å². The molecular formula is C16H22Cl2F3N3. The first kappa shape index (κ1) is 21.1. The van der Waals surface area contributed by atoms with Gasteiger partial charge in [-0.05, 0) is 24.1 Å². The highest BCUT2D eigenvalue weighted by Gasteiger charge is 2.31. The number of piperazine rings is 1. The fraction of sp³-hybridized carbons (Fsp3) is 0.500. The first-order valence-corrected chi connectivity index (χ1v) is 7.62. The van der Waals surface area contributed by atoms with Gasteiger partial charge in [0.25, 0.3) is 0 Å². The van der Waals surface area contributed by atoms with E-state index in [1.54, 1.807) is 0 Å². The fourth-order valence-electron chi connectivity index (χ4n) is 3.23. The van der Waals surface area contributed by atoms with Gasteiger partial charge >= 0.3 is 6.18 Å². The Bertz CT molecular complexity index is 624. The maximum Gasteiger partial charge on any atom is 0.389 e. The summed E-state index contributed by atoms with van der Waals surface area (Å²) in [7, 11) is 0. The van der Waals surface area contributed by atoms with E-state index in [9.17, 15) is 13.2 Å².